The molecule has 0 fully saturated rings. The van der Waals surface area contributed by atoms with Crippen LogP contribution in [0.5, 0.6) is 0 Å². The predicted molar refractivity (Wildman–Crippen MR) is 59.4 cm³/mol. The molecule has 0 radical (unpaired) electrons. The van der Waals surface area contributed by atoms with E-state index < -0.39 is 20.5 Å². The van der Waals surface area contributed by atoms with Crippen LogP contribution >= 0.6 is 10.7 Å². The molecule has 0 aliphatic heterocycles. The van der Waals surface area contributed by atoms with Crippen molar-refractivity contribution in [3.05, 3.63) is 35.4 Å². The molecule has 0 saturated carbocycles. The predicted octanol–water partition coefficient (Wildman–Crippen LogP) is 3.42. The van der Waals surface area contributed by atoms with Crippen LogP contribution in [0.2, 0.25) is 0 Å². The lowest BCUT2D eigenvalue weighted by atomic mass is 10.1. The van der Waals surface area contributed by atoms with Crippen LogP contribution in [0.25, 0.3) is 0 Å². The van der Waals surface area contributed by atoms with Crippen LogP contribution in [0.1, 0.15) is 23.3 Å². The molecule has 0 aliphatic rings. The van der Waals surface area contributed by atoms with Crippen molar-refractivity contribution in [2.24, 2.45) is 0 Å². The second-order valence-electron chi connectivity index (χ2n) is 3.49. The largest absolute Gasteiger partial charge is 0.410 e. The SMILES string of the molecule is CCc1ccc(C(C(F)(F)F)S(=O)(=O)Cl)cc1. The van der Waals surface area contributed by atoms with Crippen molar-refractivity contribution in [1.29, 1.82) is 0 Å². The maximum Gasteiger partial charge on any atom is 0.410 e. The summed E-state index contributed by atoms with van der Waals surface area (Å²) in [5.41, 5.74) is 0.450. The van der Waals surface area contributed by atoms with Crippen LogP contribution in [0.15, 0.2) is 24.3 Å². The van der Waals surface area contributed by atoms with Crippen molar-refractivity contribution in [1.82, 2.24) is 0 Å². The summed E-state index contributed by atoms with van der Waals surface area (Å²) >= 11 is 0. The Morgan fingerprint density at radius 1 is 1.24 bits per heavy atom. The molecule has 0 spiro atoms. The first-order valence-electron chi connectivity index (χ1n) is 4.75. The van der Waals surface area contributed by atoms with Gasteiger partial charge in [0, 0.05) is 10.7 Å². The molecule has 17 heavy (non-hydrogen) atoms. The van der Waals surface area contributed by atoms with Crippen LogP contribution < -0.4 is 0 Å². The normalized spacial score (nSPS) is 14.6. The molecule has 2 nitrogen and oxygen atoms in total. The fourth-order valence-electron chi connectivity index (χ4n) is 1.44. The molecule has 1 aromatic rings. The molecule has 0 heterocycles. The third-order valence-corrected chi connectivity index (χ3v) is 3.91. The molecule has 0 saturated heterocycles. The number of halogens is 4. The first-order chi connectivity index (χ1) is 7.66. The van der Waals surface area contributed by atoms with Crippen LogP contribution in [0.3, 0.4) is 0 Å². The molecule has 0 N–H and O–H groups in total. The molecule has 7 heteroatoms. The molecular weight excluding hydrogens is 277 g/mol. The van der Waals surface area contributed by atoms with Gasteiger partial charge in [-0.3, -0.25) is 0 Å². The number of benzene rings is 1. The standard InChI is InChI=1S/C10H10ClF3O2S/c1-2-7-3-5-8(6-4-7)9(10(12,13)14)17(11,15)16/h3-6,9H,2H2,1H3. The number of hydrogen-bond acceptors (Lipinski definition) is 2. The van der Waals surface area contributed by atoms with Gasteiger partial charge in [-0.05, 0) is 17.5 Å². The van der Waals surface area contributed by atoms with Crippen molar-refractivity contribution >= 4 is 19.7 Å². The number of rotatable bonds is 3. The Balaban J connectivity index is 3.24. The Hall–Kier alpha value is -0.750. The molecule has 0 bridgehead atoms. The van der Waals surface area contributed by atoms with Crippen LogP contribution in [0, 0.1) is 0 Å². The average Bonchev–Trinajstić information content (AvgIpc) is 2.14. The average molecular weight is 287 g/mol. The lowest BCUT2D eigenvalue weighted by Gasteiger charge is -2.17. The van der Waals surface area contributed by atoms with E-state index in [2.05, 4.69) is 0 Å². The van der Waals surface area contributed by atoms with Gasteiger partial charge in [0.2, 0.25) is 9.05 Å². The third kappa shape index (κ3) is 3.61. The molecular formula is C10H10ClF3O2S. The van der Waals surface area contributed by atoms with E-state index in [1.807, 2.05) is 6.92 Å². The maximum absolute atomic E-state index is 12.6. The molecule has 0 aromatic heterocycles. The summed E-state index contributed by atoms with van der Waals surface area (Å²) in [5, 5.41) is -2.68. The van der Waals surface area contributed by atoms with Crippen molar-refractivity contribution in [2.75, 3.05) is 0 Å². The van der Waals surface area contributed by atoms with E-state index in [4.69, 9.17) is 10.7 Å². The summed E-state index contributed by atoms with van der Waals surface area (Å²) < 4.78 is 59.8. The minimum atomic E-state index is -4.92. The summed E-state index contributed by atoms with van der Waals surface area (Å²) in [6, 6.07) is 5.18. The third-order valence-electron chi connectivity index (χ3n) is 2.27. The van der Waals surface area contributed by atoms with Crippen molar-refractivity contribution in [3.8, 4) is 0 Å². The second kappa shape index (κ2) is 4.86. The second-order valence-corrected chi connectivity index (χ2v) is 6.21. The van der Waals surface area contributed by atoms with Crippen LogP contribution in [0.4, 0.5) is 13.2 Å². The van der Waals surface area contributed by atoms with Crippen molar-refractivity contribution in [3.63, 3.8) is 0 Å². The summed E-state index contributed by atoms with van der Waals surface area (Å²) in [6.07, 6.45) is -4.26. The number of alkyl halides is 3. The van der Waals surface area contributed by atoms with E-state index in [9.17, 15) is 21.6 Å². The highest BCUT2D eigenvalue weighted by Crippen LogP contribution is 2.40. The lowest BCUT2D eigenvalue weighted by molar-refractivity contribution is -0.131. The summed E-state index contributed by atoms with van der Waals surface area (Å²) in [4.78, 5) is 0. The summed E-state index contributed by atoms with van der Waals surface area (Å²) in [5.74, 6) is 0. The van der Waals surface area contributed by atoms with Crippen molar-refractivity contribution in [2.45, 2.75) is 24.8 Å². The Morgan fingerprint density at radius 2 is 1.71 bits per heavy atom. The highest BCUT2D eigenvalue weighted by molar-refractivity contribution is 8.14. The van der Waals surface area contributed by atoms with E-state index in [0.717, 1.165) is 17.7 Å². The highest BCUT2D eigenvalue weighted by atomic mass is 35.7. The van der Waals surface area contributed by atoms with Gasteiger partial charge < -0.3 is 0 Å². The molecule has 1 atom stereocenters. The zero-order valence-corrected chi connectivity index (χ0v) is 10.4. The van der Waals surface area contributed by atoms with E-state index in [-0.39, 0.29) is 5.56 Å². The minimum Gasteiger partial charge on any atom is -0.211 e. The fourth-order valence-corrected chi connectivity index (χ4v) is 2.85. The first kappa shape index (κ1) is 14.3. The van der Waals surface area contributed by atoms with E-state index in [1.165, 1.54) is 12.1 Å². The Bertz CT molecular complexity index is 479. The van der Waals surface area contributed by atoms with Gasteiger partial charge in [-0.1, -0.05) is 31.2 Å². The topological polar surface area (TPSA) is 34.1 Å². The molecule has 1 unspecified atom stereocenters. The zero-order valence-electron chi connectivity index (χ0n) is 8.83. The summed E-state index contributed by atoms with van der Waals surface area (Å²) in [7, 11) is 0.0962. The Morgan fingerprint density at radius 3 is 2.00 bits per heavy atom. The molecule has 96 valence electrons. The van der Waals surface area contributed by atoms with Gasteiger partial charge in [0.05, 0.1) is 0 Å². The van der Waals surface area contributed by atoms with Crippen LogP contribution in [-0.4, -0.2) is 14.6 Å². The van der Waals surface area contributed by atoms with Gasteiger partial charge in [-0.2, -0.15) is 13.2 Å². The number of hydrogen-bond donors (Lipinski definition) is 0. The van der Waals surface area contributed by atoms with Gasteiger partial charge in [-0.15, -0.1) is 0 Å². The van der Waals surface area contributed by atoms with Gasteiger partial charge >= 0.3 is 6.18 Å². The highest BCUT2D eigenvalue weighted by Gasteiger charge is 2.49. The van der Waals surface area contributed by atoms with Gasteiger partial charge in [0.15, 0.2) is 5.25 Å². The zero-order chi connectivity index (χ0) is 13.3. The van der Waals surface area contributed by atoms with Crippen LogP contribution in [-0.2, 0) is 15.5 Å². The first-order valence-corrected chi connectivity index (χ1v) is 7.12. The molecule has 1 aromatic carbocycles. The van der Waals surface area contributed by atoms with E-state index in [0.29, 0.717) is 6.42 Å². The Labute approximate surface area is 102 Å². The Kier molecular flexibility index (Phi) is 4.09. The van der Waals surface area contributed by atoms with E-state index >= 15 is 0 Å². The lowest BCUT2D eigenvalue weighted by Crippen LogP contribution is -2.25. The quantitative estimate of drug-likeness (QED) is 0.798. The van der Waals surface area contributed by atoms with E-state index in [1.54, 1.807) is 0 Å². The molecule has 1 rings (SSSR count). The molecule has 0 aliphatic carbocycles. The maximum atomic E-state index is 12.6. The van der Waals surface area contributed by atoms with Gasteiger partial charge in [-0.25, -0.2) is 8.42 Å². The van der Waals surface area contributed by atoms with Gasteiger partial charge in [0.25, 0.3) is 0 Å². The smallest absolute Gasteiger partial charge is 0.211 e. The van der Waals surface area contributed by atoms with Gasteiger partial charge in [0.1, 0.15) is 0 Å². The summed E-state index contributed by atoms with van der Waals surface area (Å²) in [6.45, 7) is 1.84. The fraction of sp³-hybridized carbons (Fsp3) is 0.400. The number of aryl methyl sites for hydroxylation is 1. The monoisotopic (exact) mass is 286 g/mol. The van der Waals surface area contributed by atoms with Crippen molar-refractivity contribution < 1.29 is 21.6 Å². The molecule has 0 amide bonds. The minimum absolute atomic E-state index is 0.371.